The lowest BCUT2D eigenvalue weighted by molar-refractivity contribution is 0.350. The Morgan fingerprint density at radius 1 is 1.37 bits per heavy atom. The third-order valence-corrected chi connectivity index (χ3v) is 3.73. The van der Waals surface area contributed by atoms with Gasteiger partial charge in [-0.05, 0) is 30.5 Å². The van der Waals surface area contributed by atoms with Crippen molar-refractivity contribution in [1.29, 1.82) is 0 Å². The Hall–Kier alpha value is -1.51. The Morgan fingerprint density at radius 3 is 2.74 bits per heavy atom. The Labute approximate surface area is 114 Å². The van der Waals surface area contributed by atoms with E-state index in [0.29, 0.717) is 23.6 Å². The average molecular weight is 281 g/mol. The van der Waals surface area contributed by atoms with E-state index >= 15 is 0 Å². The normalized spacial score (nSPS) is 10.9. The highest BCUT2D eigenvalue weighted by Gasteiger charge is 2.11. The fourth-order valence-corrected chi connectivity index (χ4v) is 2.79. The van der Waals surface area contributed by atoms with Gasteiger partial charge in [-0.15, -0.1) is 0 Å². The Bertz CT molecular complexity index is 568. The quantitative estimate of drug-likeness (QED) is 0.809. The van der Waals surface area contributed by atoms with Crippen LogP contribution >= 0.6 is 0 Å². The Kier molecular flexibility index (Phi) is 5.87. The van der Waals surface area contributed by atoms with Gasteiger partial charge in [0.15, 0.2) is 0 Å². The molecule has 0 radical (unpaired) electrons. The maximum Gasteiger partial charge on any atom is 0.232 e. The highest BCUT2D eigenvalue weighted by atomic mass is 32.2. The third-order valence-electron chi connectivity index (χ3n) is 2.41. The predicted octanol–water partition coefficient (Wildman–Crippen LogP) is 1.82. The zero-order valence-corrected chi connectivity index (χ0v) is 12.0. The predicted molar refractivity (Wildman–Crippen MR) is 77.3 cm³/mol. The summed E-state index contributed by atoms with van der Waals surface area (Å²) >= 11 is 0. The molecule has 0 aliphatic carbocycles. The van der Waals surface area contributed by atoms with Crippen molar-refractivity contribution in [2.24, 2.45) is 5.92 Å². The largest absolute Gasteiger partial charge is 0.384 e. The van der Waals surface area contributed by atoms with E-state index in [0.717, 1.165) is 0 Å². The lowest BCUT2D eigenvalue weighted by Crippen LogP contribution is -2.17. The van der Waals surface area contributed by atoms with Crippen molar-refractivity contribution in [3.05, 3.63) is 29.8 Å². The van der Waals surface area contributed by atoms with Gasteiger partial charge in [0, 0.05) is 11.3 Å². The topological polar surface area (TPSA) is 66.4 Å². The molecule has 0 aliphatic rings. The van der Waals surface area contributed by atoms with Gasteiger partial charge in [0.1, 0.15) is 6.61 Å². The van der Waals surface area contributed by atoms with Gasteiger partial charge in [0.25, 0.3) is 0 Å². The molecule has 4 nitrogen and oxygen atoms in total. The van der Waals surface area contributed by atoms with Crippen molar-refractivity contribution in [2.75, 3.05) is 17.1 Å². The summed E-state index contributed by atoms with van der Waals surface area (Å²) in [7, 11) is -3.31. The van der Waals surface area contributed by atoms with Gasteiger partial charge >= 0.3 is 0 Å². The first-order valence-corrected chi connectivity index (χ1v) is 7.78. The van der Waals surface area contributed by atoms with Crippen LogP contribution in [0, 0.1) is 17.8 Å². The summed E-state index contributed by atoms with van der Waals surface area (Å²) in [5.74, 6) is 5.71. The number of hydrogen-bond acceptors (Lipinski definition) is 3. The Morgan fingerprint density at radius 2 is 2.11 bits per heavy atom. The zero-order chi connectivity index (χ0) is 14.3. The molecule has 0 bridgehead atoms. The van der Waals surface area contributed by atoms with Gasteiger partial charge in [-0.2, -0.15) is 0 Å². The van der Waals surface area contributed by atoms with Crippen molar-refractivity contribution in [2.45, 2.75) is 20.3 Å². The first-order chi connectivity index (χ1) is 8.93. The summed E-state index contributed by atoms with van der Waals surface area (Å²) in [6.45, 7) is 3.76. The minimum atomic E-state index is -3.31. The van der Waals surface area contributed by atoms with Gasteiger partial charge in [-0.25, -0.2) is 8.42 Å². The number of rotatable bonds is 5. The van der Waals surface area contributed by atoms with E-state index in [9.17, 15) is 8.42 Å². The molecule has 0 fully saturated rings. The van der Waals surface area contributed by atoms with Crippen LogP contribution in [0.5, 0.6) is 0 Å². The van der Waals surface area contributed by atoms with Crippen molar-refractivity contribution in [1.82, 2.24) is 0 Å². The van der Waals surface area contributed by atoms with Crippen molar-refractivity contribution in [3.8, 4) is 11.8 Å². The van der Waals surface area contributed by atoms with Gasteiger partial charge in [-0.3, -0.25) is 4.72 Å². The van der Waals surface area contributed by atoms with E-state index in [-0.39, 0.29) is 12.4 Å². The van der Waals surface area contributed by atoms with Crippen LogP contribution in [0.25, 0.3) is 0 Å². The molecule has 1 rings (SSSR count). The van der Waals surface area contributed by atoms with E-state index in [1.54, 1.807) is 24.3 Å². The monoisotopic (exact) mass is 281 g/mol. The van der Waals surface area contributed by atoms with E-state index < -0.39 is 10.0 Å². The highest BCUT2D eigenvalue weighted by molar-refractivity contribution is 7.92. The second-order valence-corrected chi connectivity index (χ2v) is 6.49. The van der Waals surface area contributed by atoms with Crippen molar-refractivity contribution < 1.29 is 13.5 Å². The molecule has 0 saturated carbocycles. The molecule has 1 aromatic carbocycles. The Balaban J connectivity index is 2.76. The summed E-state index contributed by atoms with van der Waals surface area (Å²) < 4.78 is 26.2. The number of benzene rings is 1. The molecule has 19 heavy (non-hydrogen) atoms. The molecule has 1 aromatic rings. The molecule has 5 heteroatoms. The molecule has 0 aliphatic heterocycles. The molecule has 0 unspecified atom stereocenters. The van der Waals surface area contributed by atoms with Gasteiger partial charge in [0.05, 0.1) is 5.75 Å². The highest BCUT2D eigenvalue weighted by Crippen LogP contribution is 2.13. The molecule has 0 spiro atoms. The van der Waals surface area contributed by atoms with Crippen molar-refractivity contribution in [3.63, 3.8) is 0 Å². The molecular weight excluding hydrogens is 262 g/mol. The average Bonchev–Trinajstić information content (AvgIpc) is 2.34. The van der Waals surface area contributed by atoms with Crippen LogP contribution in [0.15, 0.2) is 24.3 Å². The maximum atomic E-state index is 11.8. The molecule has 0 saturated heterocycles. The number of hydrogen-bond donors (Lipinski definition) is 2. The lowest BCUT2D eigenvalue weighted by atomic mass is 10.2. The fraction of sp³-hybridized carbons (Fsp3) is 0.429. The number of nitrogens with one attached hydrogen (secondary N) is 1. The number of aliphatic hydroxyl groups excluding tert-OH is 1. The van der Waals surface area contributed by atoms with E-state index in [1.165, 1.54) is 0 Å². The summed E-state index contributed by atoms with van der Waals surface area (Å²) in [5, 5.41) is 8.62. The second kappa shape index (κ2) is 7.17. The molecule has 0 amide bonds. The minimum absolute atomic E-state index is 0.108. The van der Waals surface area contributed by atoms with Gasteiger partial charge in [-0.1, -0.05) is 31.8 Å². The summed E-state index contributed by atoms with van der Waals surface area (Å²) in [6, 6.07) is 6.81. The molecule has 0 atom stereocenters. The van der Waals surface area contributed by atoms with E-state index in [4.69, 9.17) is 5.11 Å². The summed E-state index contributed by atoms with van der Waals surface area (Å²) in [5.41, 5.74) is 1.16. The zero-order valence-electron chi connectivity index (χ0n) is 11.2. The van der Waals surface area contributed by atoms with Crippen LogP contribution in [-0.2, 0) is 10.0 Å². The molecular formula is C14H19NO3S. The third kappa shape index (κ3) is 6.27. The van der Waals surface area contributed by atoms with Crippen LogP contribution in [-0.4, -0.2) is 25.9 Å². The van der Waals surface area contributed by atoms with Crippen LogP contribution in [0.2, 0.25) is 0 Å². The fourth-order valence-electron chi connectivity index (χ4n) is 1.42. The summed E-state index contributed by atoms with van der Waals surface area (Å²) in [6.07, 6.45) is 0.624. The van der Waals surface area contributed by atoms with Crippen LogP contribution in [0.4, 0.5) is 5.69 Å². The van der Waals surface area contributed by atoms with Crippen LogP contribution < -0.4 is 4.72 Å². The van der Waals surface area contributed by atoms with E-state index in [1.807, 2.05) is 13.8 Å². The SMILES string of the molecule is CC(C)CCS(=O)(=O)Nc1cccc(C#CCO)c1. The van der Waals surface area contributed by atoms with Crippen LogP contribution in [0.3, 0.4) is 0 Å². The first-order valence-electron chi connectivity index (χ1n) is 6.13. The van der Waals surface area contributed by atoms with Crippen molar-refractivity contribution >= 4 is 15.7 Å². The number of anilines is 1. The second-order valence-electron chi connectivity index (χ2n) is 4.64. The first kappa shape index (κ1) is 15.5. The smallest absolute Gasteiger partial charge is 0.232 e. The lowest BCUT2D eigenvalue weighted by Gasteiger charge is -2.09. The molecule has 0 heterocycles. The molecule has 104 valence electrons. The molecule has 2 N–H and O–H groups in total. The standard InChI is InChI=1S/C14H19NO3S/c1-12(2)8-10-19(17,18)15-14-7-3-5-13(11-14)6-4-9-16/h3,5,7,11-12,15-16H,8-10H2,1-2H3. The van der Waals surface area contributed by atoms with Crippen LogP contribution in [0.1, 0.15) is 25.8 Å². The maximum absolute atomic E-state index is 11.8. The summed E-state index contributed by atoms with van der Waals surface area (Å²) in [4.78, 5) is 0. The number of aliphatic hydroxyl groups is 1. The van der Waals surface area contributed by atoms with Gasteiger partial charge in [0.2, 0.25) is 10.0 Å². The van der Waals surface area contributed by atoms with E-state index in [2.05, 4.69) is 16.6 Å². The molecule has 0 aromatic heterocycles. The van der Waals surface area contributed by atoms with Gasteiger partial charge < -0.3 is 5.11 Å². The minimum Gasteiger partial charge on any atom is -0.384 e. The number of sulfonamides is 1.